The van der Waals surface area contributed by atoms with E-state index in [0.29, 0.717) is 0 Å². The maximum atomic E-state index is 11.8. The predicted molar refractivity (Wildman–Crippen MR) is 106 cm³/mol. The number of alkyl carbamates (subject to hydrolysis) is 1. The van der Waals surface area contributed by atoms with Gasteiger partial charge in [-0.2, -0.15) is 0 Å². The Labute approximate surface area is 165 Å². The van der Waals surface area contributed by atoms with Crippen molar-refractivity contribution in [2.45, 2.75) is 65.2 Å². The third kappa shape index (κ3) is 9.75. The van der Waals surface area contributed by atoms with Gasteiger partial charge in [-0.25, -0.2) is 14.4 Å². The van der Waals surface area contributed by atoms with Gasteiger partial charge in [0.1, 0.15) is 17.2 Å². The molecule has 0 saturated carbocycles. The van der Waals surface area contributed by atoms with Gasteiger partial charge in [-0.1, -0.05) is 24.3 Å². The van der Waals surface area contributed by atoms with Crippen LogP contribution in [0.2, 0.25) is 0 Å². The monoisotopic (exact) mass is 391 g/mol. The van der Waals surface area contributed by atoms with Gasteiger partial charge in [-0.15, -0.1) is 0 Å². The topological polar surface area (TPSA) is 102 Å². The number of nitrogens with one attached hydrogen (secondary N) is 1. The van der Waals surface area contributed by atoms with Crippen molar-refractivity contribution in [3.05, 3.63) is 41.5 Å². The number of carbonyl (C=O) groups is 3. The Bertz CT molecular complexity index is 723. The fourth-order valence-corrected chi connectivity index (χ4v) is 2.15. The first kappa shape index (κ1) is 23.2. The maximum Gasteiger partial charge on any atom is 0.408 e. The zero-order chi connectivity index (χ0) is 21.5. The minimum absolute atomic E-state index is 0.102. The molecule has 1 aromatic carbocycles. The number of carbonyl (C=O) groups excluding carboxylic acids is 2. The Kier molecular flexibility index (Phi) is 7.78. The van der Waals surface area contributed by atoms with Crippen LogP contribution in [0.15, 0.2) is 30.3 Å². The molecule has 0 radical (unpaired) electrons. The Morgan fingerprint density at radius 2 is 1.54 bits per heavy atom. The molecule has 28 heavy (non-hydrogen) atoms. The van der Waals surface area contributed by atoms with Crippen LogP contribution in [-0.4, -0.2) is 40.4 Å². The van der Waals surface area contributed by atoms with Gasteiger partial charge in [0.15, 0.2) is 0 Å². The van der Waals surface area contributed by atoms with Crippen molar-refractivity contribution in [2.75, 3.05) is 0 Å². The van der Waals surface area contributed by atoms with Crippen molar-refractivity contribution in [3.8, 4) is 0 Å². The molecule has 0 bridgehead atoms. The average molecular weight is 391 g/mol. The largest absolute Gasteiger partial charge is 0.480 e. The van der Waals surface area contributed by atoms with Gasteiger partial charge in [0.25, 0.3) is 0 Å². The molecule has 0 aliphatic carbocycles. The molecular weight excluding hydrogens is 362 g/mol. The number of hydrogen-bond acceptors (Lipinski definition) is 5. The number of benzene rings is 1. The second kappa shape index (κ2) is 9.39. The molecule has 154 valence electrons. The number of carboxylic acid groups (broad SMARTS) is 1. The summed E-state index contributed by atoms with van der Waals surface area (Å²) < 4.78 is 10.3. The van der Waals surface area contributed by atoms with Gasteiger partial charge >= 0.3 is 18.0 Å². The lowest BCUT2D eigenvalue weighted by molar-refractivity contribution is -0.148. The van der Waals surface area contributed by atoms with E-state index in [1.165, 1.54) is 6.08 Å². The molecule has 0 aromatic heterocycles. The fraction of sp³-hybridized carbons (Fsp3) is 0.476. The van der Waals surface area contributed by atoms with Crippen molar-refractivity contribution in [2.24, 2.45) is 0 Å². The molecule has 1 aromatic rings. The standard InChI is InChI=1S/C21H29NO6/c1-20(2,3)27-17(23)12-11-14-7-9-15(10-8-14)13-16(18(24)25)22-19(26)28-21(4,5)6/h7-12,16H,13H2,1-6H3,(H,22,26)(H,24,25)/t16-/m0/s1. The minimum atomic E-state index is -1.15. The van der Waals surface area contributed by atoms with Crippen molar-refractivity contribution in [1.29, 1.82) is 0 Å². The summed E-state index contributed by atoms with van der Waals surface area (Å²) in [6.07, 6.45) is 2.28. The normalized spacial score (nSPS) is 13.1. The highest BCUT2D eigenvalue weighted by Gasteiger charge is 2.24. The number of aliphatic carboxylic acids is 1. The SMILES string of the molecule is CC(C)(C)OC(=O)C=Cc1ccc(C[C@H](NC(=O)OC(C)(C)C)C(=O)O)cc1. The highest BCUT2D eigenvalue weighted by Crippen LogP contribution is 2.12. The summed E-state index contributed by atoms with van der Waals surface area (Å²) >= 11 is 0. The second-order valence-corrected chi connectivity index (χ2v) is 8.35. The average Bonchev–Trinajstić information content (AvgIpc) is 2.50. The van der Waals surface area contributed by atoms with Gasteiger partial charge in [0, 0.05) is 12.5 Å². The number of amides is 1. The smallest absolute Gasteiger partial charge is 0.408 e. The molecule has 1 atom stereocenters. The molecular formula is C21H29NO6. The van der Waals surface area contributed by atoms with Crippen LogP contribution in [0, 0.1) is 0 Å². The highest BCUT2D eigenvalue weighted by atomic mass is 16.6. The summed E-state index contributed by atoms with van der Waals surface area (Å²) in [7, 11) is 0. The van der Waals surface area contributed by atoms with Crippen molar-refractivity contribution in [3.63, 3.8) is 0 Å². The van der Waals surface area contributed by atoms with E-state index in [0.717, 1.165) is 11.1 Å². The molecule has 0 spiro atoms. The number of carboxylic acids is 1. The Morgan fingerprint density at radius 1 is 1.00 bits per heavy atom. The molecule has 7 nitrogen and oxygen atoms in total. The van der Waals surface area contributed by atoms with E-state index >= 15 is 0 Å². The minimum Gasteiger partial charge on any atom is -0.480 e. The van der Waals surface area contributed by atoms with E-state index in [-0.39, 0.29) is 6.42 Å². The van der Waals surface area contributed by atoms with Gasteiger partial charge in [0.05, 0.1) is 0 Å². The highest BCUT2D eigenvalue weighted by molar-refractivity contribution is 5.87. The van der Waals surface area contributed by atoms with Crippen LogP contribution in [0.4, 0.5) is 4.79 Å². The number of ether oxygens (including phenoxy) is 2. The molecule has 0 fully saturated rings. The zero-order valence-electron chi connectivity index (χ0n) is 17.2. The summed E-state index contributed by atoms with van der Waals surface area (Å²) in [5.41, 5.74) is 0.215. The van der Waals surface area contributed by atoms with Crippen LogP contribution >= 0.6 is 0 Å². The molecule has 0 aliphatic heterocycles. The van der Waals surface area contributed by atoms with E-state index in [4.69, 9.17) is 9.47 Å². The predicted octanol–water partition coefficient (Wildman–Crippen LogP) is 3.56. The summed E-state index contributed by atoms with van der Waals surface area (Å²) in [5.74, 6) is -1.59. The Hall–Kier alpha value is -2.83. The second-order valence-electron chi connectivity index (χ2n) is 8.35. The Morgan fingerprint density at radius 3 is 2.00 bits per heavy atom. The van der Waals surface area contributed by atoms with Gasteiger partial charge in [-0.05, 0) is 58.7 Å². The van der Waals surface area contributed by atoms with Crippen LogP contribution in [0.25, 0.3) is 6.08 Å². The Balaban J connectivity index is 2.71. The van der Waals surface area contributed by atoms with Crippen LogP contribution in [0.5, 0.6) is 0 Å². The fourth-order valence-electron chi connectivity index (χ4n) is 2.15. The van der Waals surface area contributed by atoms with Crippen LogP contribution in [0.1, 0.15) is 52.7 Å². The van der Waals surface area contributed by atoms with E-state index < -0.39 is 35.3 Å². The molecule has 1 amide bonds. The van der Waals surface area contributed by atoms with Crippen LogP contribution < -0.4 is 5.32 Å². The first-order valence-corrected chi connectivity index (χ1v) is 8.97. The first-order valence-electron chi connectivity index (χ1n) is 8.97. The molecule has 0 heterocycles. The van der Waals surface area contributed by atoms with E-state index in [9.17, 15) is 19.5 Å². The van der Waals surface area contributed by atoms with Crippen LogP contribution in [-0.2, 0) is 25.5 Å². The third-order valence-corrected chi connectivity index (χ3v) is 3.23. The van der Waals surface area contributed by atoms with Gasteiger partial charge in [0.2, 0.25) is 0 Å². The lowest BCUT2D eigenvalue weighted by atomic mass is 10.0. The molecule has 2 N–H and O–H groups in total. The lowest BCUT2D eigenvalue weighted by Gasteiger charge is -2.22. The van der Waals surface area contributed by atoms with Gasteiger partial charge in [-0.3, -0.25) is 0 Å². The molecule has 7 heteroatoms. The van der Waals surface area contributed by atoms with Crippen molar-refractivity contribution >= 4 is 24.1 Å². The van der Waals surface area contributed by atoms with E-state index in [1.54, 1.807) is 71.9 Å². The van der Waals surface area contributed by atoms with E-state index in [2.05, 4.69) is 5.32 Å². The summed E-state index contributed by atoms with van der Waals surface area (Å²) in [6.45, 7) is 10.5. The van der Waals surface area contributed by atoms with E-state index in [1.807, 2.05) is 0 Å². The van der Waals surface area contributed by atoms with Crippen molar-refractivity contribution < 1.29 is 29.0 Å². The lowest BCUT2D eigenvalue weighted by Crippen LogP contribution is -2.44. The van der Waals surface area contributed by atoms with Gasteiger partial charge < -0.3 is 19.9 Å². The summed E-state index contributed by atoms with van der Waals surface area (Å²) in [5, 5.41) is 11.7. The number of rotatable bonds is 6. The molecule has 1 rings (SSSR count). The maximum absolute atomic E-state index is 11.8. The quantitative estimate of drug-likeness (QED) is 0.568. The first-order chi connectivity index (χ1) is 12.7. The number of esters is 1. The van der Waals surface area contributed by atoms with Crippen LogP contribution in [0.3, 0.4) is 0 Å². The summed E-state index contributed by atoms with van der Waals surface area (Å²) in [6, 6.07) is 5.87. The third-order valence-electron chi connectivity index (χ3n) is 3.23. The zero-order valence-corrected chi connectivity index (χ0v) is 17.2. The molecule has 0 aliphatic rings. The molecule has 0 unspecified atom stereocenters. The number of hydrogen-bond donors (Lipinski definition) is 2. The van der Waals surface area contributed by atoms with Crippen molar-refractivity contribution in [1.82, 2.24) is 5.32 Å². The summed E-state index contributed by atoms with van der Waals surface area (Å²) in [4.78, 5) is 34.9. The molecule has 0 saturated heterocycles.